The SMILES string of the molecule is CCOC(=O)c1sc(NS(=O)(=O)c2ccc(OCC)c(Cl)c2)nc1C. The van der Waals surface area contributed by atoms with Crippen LogP contribution in [-0.2, 0) is 14.8 Å². The molecule has 0 unspecified atom stereocenters. The number of hydrogen-bond donors (Lipinski definition) is 1. The summed E-state index contributed by atoms with van der Waals surface area (Å²) in [4.78, 5) is 16.1. The number of anilines is 1. The summed E-state index contributed by atoms with van der Waals surface area (Å²) >= 11 is 6.94. The second-order valence-electron chi connectivity index (χ2n) is 4.78. The van der Waals surface area contributed by atoms with Gasteiger partial charge in [-0.25, -0.2) is 18.2 Å². The molecule has 1 N–H and O–H groups in total. The van der Waals surface area contributed by atoms with Gasteiger partial charge in [0.2, 0.25) is 0 Å². The van der Waals surface area contributed by atoms with E-state index in [1.165, 1.54) is 18.2 Å². The number of aryl methyl sites for hydroxylation is 1. The van der Waals surface area contributed by atoms with Crippen molar-refractivity contribution in [2.24, 2.45) is 0 Å². The maximum Gasteiger partial charge on any atom is 0.350 e. The highest BCUT2D eigenvalue weighted by Crippen LogP contribution is 2.30. The average Bonchev–Trinajstić information content (AvgIpc) is 2.89. The fourth-order valence-electron chi connectivity index (χ4n) is 1.92. The van der Waals surface area contributed by atoms with Crippen LogP contribution in [0.2, 0.25) is 5.02 Å². The number of carbonyl (C=O) groups excluding carboxylic acids is 1. The lowest BCUT2D eigenvalue weighted by atomic mass is 10.3. The van der Waals surface area contributed by atoms with Gasteiger partial charge in [-0.1, -0.05) is 22.9 Å². The van der Waals surface area contributed by atoms with Gasteiger partial charge in [-0.05, 0) is 39.0 Å². The summed E-state index contributed by atoms with van der Waals surface area (Å²) in [5, 5.41) is 0.262. The van der Waals surface area contributed by atoms with Crippen molar-refractivity contribution in [3.05, 3.63) is 33.8 Å². The lowest BCUT2D eigenvalue weighted by molar-refractivity contribution is 0.0531. The number of sulfonamides is 1. The molecule has 0 saturated carbocycles. The first kappa shape index (κ1) is 19.5. The van der Waals surface area contributed by atoms with Crippen molar-refractivity contribution in [3.8, 4) is 5.75 Å². The topological polar surface area (TPSA) is 94.6 Å². The van der Waals surface area contributed by atoms with E-state index >= 15 is 0 Å². The Kier molecular flexibility index (Phi) is 6.26. The van der Waals surface area contributed by atoms with Crippen LogP contribution in [0.4, 0.5) is 5.13 Å². The van der Waals surface area contributed by atoms with Gasteiger partial charge in [0.1, 0.15) is 10.6 Å². The van der Waals surface area contributed by atoms with Crippen LogP contribution in [0.1, 0.15) is 29.2 Å². The number of carbonyl (C=O) groups is 1. The third-order valence-corrected chi connectivity index (χ3v) is 5.81. The summed E-state index contributed by atoms with van der Waals surface area (Å²) in [6.07, 6.45) is 0. The van der Waals surface area contributed by atoms with E-state index < -0.39 is 16.0 Å². The van der Waals surface area contributed by atoms with Crippen molar-refractivity contribution >= 4 is 44.1 Å². The number of halogens is 1. The molecule has 0 atom stereocenters. The van der Waals surface area contributed by atoms with Crippen LogP contribution in [0.25, 0.3) is 0 Å². The molecule has 0 fully saturated rings. The van der Waals surface area contributed by atoms with Crippen LogP contribution in [0.3, 0.4) is 0 Å². The van der Waals surface area contributed by atoms with Gasteiger partial charge in [0, 0.05) is 0 Å². The van der Waals surface area contributed by atoms with Crippen molar-refractivity contribution < 1.29 is 22.7 Å². The number of esters is 1. The van der Waals surface area contributed by atoms with Crippen LogP contribution in [-0.4, -0.2) is 32.6 Å². The molecular formula is C15H17ClN2O5S2. The number of benzene rings is 1. The maximum absolute atomic E-state index is 12.5. The fraction of sp³-hybridized carbons (Fsp3) is 0.333. The third-order valence-electron chi connectivity index (χ3n) is 2.99. The molecule has 1 aromatic heterocycles. The molecule has 0 amide bonds. The van der Waals surface area contributed by atoms with Gasteiger partial charge in [0.25, 0.3) is 10.0 Å². The Morgan fingerprint density at radius 1 is 1.32 bits per heavy atom. The molecule has 0 aliphatic carbocycles. The van der Waals surface area contributed by atoms with Gasteiger partial charge in [0.15, 0.2) is 5.13 Å². The van der Waals surface area contributed by atoms with E-state index in [2.05, 4.69) is 9.71 Å². The summed E-state index contributed by atoms with van der Waals surface area (Å²) in [5.41, 5.74) is 0.394. The molecule has 136 valence electrons. The van der Waals surface area contributed by atoms with Gasteiger partial charge in [0.05, 0.1) is 28.8 Å². The summed E-state index contributed by atoms with van der Waals surface area (Å²) in [7, 11) is -3.90. The Labute approximate surface area is 155 Å². The lowest BCUT2D eigenvalue weighted by Crippen LogP contribution is -2.12. The largest absolute Gasteiger partial charge is 0.492 e. The number of nitrogens with one attached hydrogen (secondary N) is 1. The van der Waals surface area contributed by atoms with Gasteiger partial charge in [-0.3, -0.25) is 4.72 Å². The van der Waals surface area contributed by atoms with Crippen LogP contribution in [0.15, 0.2) is 23.1 Å². The van der Waals surface area contributed by atoms with E-state index in [1.54, 1.807) is 20.8 Å². The van der Waals surface area contributed by atoms with Crippen molar-refractivity contribution in [2.75, 3.05) is 17.9 Å². The van der Waals surface area contributed by atoms with Gasteiger partial charge < -0.3 is 9.47 Å². The molecule has 2 aromatic rings. The first-order valence-electron chi connectivity index (χ1n) is 7.38. The second-order valence-corrected chi connectivity index (χ2v) is 7.87. The second kappa shape index (κ2) is 8.03. The molecule has 0 aliphatic heterocycles. The number of nitrogens with zero attached hydrogens (tertiary/aromatic N) is 1. The molecule has 0 aliphatic rings. The first-order chi connectivity index (χ1) is 11.8. The molecule has 1 heterocycles. The summed E-state index contributed by atoms with van der Waals surface area (Å²) < 4.78 is 37.5. The Balaban J connectivity index is 2.26. The van der Waals surface area contributed by atoms with E-state index in [9.17, 15) is 13.2 Å². The maximum atomic E-state index is 12.5. The van der Waals surface area contributed by atoms with Crippen molar-refractivity contribution in [1.29, 1.82) is 0 Å². The molecule has 10 heteroatoms. The van der Waals surface area contributed by atoms with Crippen molar-refractivity contribution in [2.45, 2.75) is 25.7 Å². The molecular weight excluding hydrogens is 388 g/mol. The standard InChI is InChI=1S/C15H17ClN2O5S2/c1-4-22-12-7-6-10(8-11(12)16)25(20,21)18-15-17-9(3)13(24-15)14(19)23-5-2/h6-8H,4-5H2,1-3H3,(H,17,18). The predicted octanol–water partition coefficient (Wildman–Crippen LogP) is 3.48. The third kappa shape index (κ3) is 4.62. The molecule has 2 rings (SSSR count). The summed E-state index contributed by atoms with van der Waals surface area (Å²) in [6.45, 7) is 5.73. The fourth-order valence-corrected chi connectivity index (χ4v) is 4.34. The molecule has 1 aromatic carbocycles. The molecule has 0 saturated heterocycles. The Hall–Kier alpha value is -1.84. The molecule has 0 bridgehead atoms. The summed E-state index contributed by atoms with van der Waals surface area (Å²) in [6, 6.07) is 4.16. The smallest absolute Gasteiger partial charge is 0.350 e. The minimum absolute atomic E-state index is 0.0357. The normalized spacial score (nSPS) is 11.2. The number of aromatic nitrogens is 1. The van der Waals surface area contributed by atoms with E-state index in [0.717, 1.165) is 11.3 Å². The summed E-state index contributed by atoms with van der Waals surface area (Å²) in [5.74, 6) is -0.134. The zero-order valence-electron chi connectivity index (χ0n) is 13.8. The van der Waals surface area contributed by atoms with E-state index in [1.807, 2.05) is 0 Å². The van der Waals surface area contributed by atoms with Crippen LogP contribution in [0.5, 0.6) is 5.75 Å². The van der Waals surface area contributed by atoms with E-state index in [0.29, 0.717) is 18.1 Å². The van der Waals surface area contributed by atoms with Gasteiger partial charge in [-0.15, -0.1) is 0 Å². The van der Waals surface area contributed by atoms with Crippen molar-refractivity contribution in [3.63, 3.8) is 0 Å². The van der Waals surface area contributed by atoms with E-state index in [4.69, 9.17) is 21.1 Å². The Morgan fingerprint density at radius 2 is 2.04 bits per heavy atom. The molecule has 7 nitrogen and oxygen atoms in total. The van der Waals surface area contributed by atoms with Gasteiger partial charge in [-0.2, -0.15) is 0 Å². The molecule has 25 heavy (non-hydrogen) atoms. The zero-order chi connectivity index (χ0) is 18.6. The molecule has 0 spiro atoms. The Bertz CT molecular complexity index is 880. The number of hydrogen-bond acceptors (Lipinski definition) is 7. The van der Waals surface area contributed by atoms with Crippen LogP contribution in [0, 0.1) is 6.92 Å². The number of rotatable bonds is 7. The molecule has 0 radical (unpaired) electrons. The van der Waals surface area contributed by atoms with Crippen LogP contribution >= 0.6 is 22.9 Å². The number of ether oxygens (including phenoxy) is 2. The lowest BCUT2D eigenvalue weighted by Gasteiger charge is -2.09. The Morgan fingerprint density at radius 3 is 2.64 bits per heavy atom. The zero-order valence-corrected chi connectivity index (χ0v) is 16.2. The van der Waals surface area contributed by atoms with Crippen molar-refractivity contribution in [1.82, 2.24) is 4.98 Å². The minimum atomic E-state index is -3.90. The predicted molar refractivity (Wildman–Crippen MR) is 96.2 cm³/mol. The quantitative estimate of drug-likeness (QED) is 0.710. The average molecular weight is 405 g/mol. The monoisotopic (exact) mass is 404 g/mol. The van der Waals surface area contributed by atoms with Crippen LogP contribution < -0.4 is 9.46 Å². The first-order valence-corrected chi connectivity index (χ1v) is 10.1. The number of thiazole rings is 1. The van der Waals surface area contributed by atoms with Gasteiger partial charge >= 0.3 is 5.97 Å². The highest BCUT2D eigenvalue weighted by atomic mass is 35.5. The minimum Gasteiger partial charge on any atom is -0.492 e. The highest BCUT2D eigenvalue weighted by Gasteiger charge is 2.21. The highest BCUT2D eigenvalue weighted by molar-refractivity contribution is 7.93. The van der Waals surface area contributed by atoms with E-state index in [-0.39, 0.29) is 26.5 Å².